The average molecular weight is 406 g/mol. The van der Waals surface area contributed by atoms with Crippen molar-refractivity contribution in [3.05, 3.63) is 46.3 Å². The molecule has 0 unspecified atom stereocenters. The Morgan fingerprint density at radius 1 is 1.30 bits per heavy atom. The predicted octanol–water partition coefficient (Wildman–Crippen LogP) is 2.70. The SMILES string of the molecule is COC(=O)N1CCc2c(sc(NC(=O)CSc3ccccc3)c2C(N)=O)C1. The Bertz CT molecular complexity index is 867. The number of nitrogens with two attached hydrogens (primary N) is 1. The lowest BCUT2D eigenvalue weighted by Crippen LogP contribution is -2.35. The number of methoxy groups -OCH3 is 1. The van der Waals surface area contributed by atoms with Crippen LogP contribution in [0.25, 0.3) is 0 Å². The first-order valence-electron chi connectivity index (χ1n) is 8.24. The molecule has 1 aromatic carbocycles. The molecule has 27 heavy (non-hydrogen) atoms. The van der Waals surface area contributed by atoms with E-state index < -0.39 is 12.0 Å². The van der Waals surface area contributed by atoms with Crippen LogP contribution in [0.4, 0.5) is 9.80 Å². The monoisotopic (exact) mass is 405 g/mol. The molecular formula is C18H19N3O4S2. The van der Waals surface area contributed by atoms with Crippen LogP contribution in [-0.4, -0.2) is 42.2 Å². The molecule has 7 nitrogen and oxygen atoms in total. The van der Waals surface area contributed by atoms with E-state index in [-0.39, 0.29) is 11.7 Å². The Kier molecular flexibility index (Phi) is 6.02. The number of thioether (sulfide) groups is 1. The van der Waals surface area contributed by atoms with E-state index in [1.807, 2.05) is 30.3 Å². The summed E-state index contributed by atoms with van der Waals surface area (Å²) in [6.07, 6.45) is 0.0768. The topological polar surface area (TPSA) is 102 Å². The van der Waals surface area contributed by atoms with E-state index in [1.54, 1.807) is 4.90 Å². The third-order valence-corrected chi connectivity index (χ3v) is 6.25. The van der Waals surface area contributed by atoms with Gasteiger partial charge in [-0.25, -0.2) is 4.79 Å². The number of carbonyl (C=O) groups excluding carboxylic acids is 3. The fourth-order valence-electron chi connectivity index (χ4n) is 2.87. The van der Waals surface area contributed by atoms with Crippen LogP contribution in [0, 0.1) is 0 Å². The Balaban J connectivity index is 1.73. The summed E-state index contributed by atoms with van der Waals surface area (Å²) < 4.78 is 4.76. The zero-order valence-electron chi connectivity index (χ0n) is 14.7. The maximum Gasteiger partial charge on any atom is 0.409 e. The van der Waals surface area contributed by atoms with Crippen molar-refractivity contribution in [2.45, 2.75) is 17.9 Å². The fraction of sp³-hybridized carbons (Fsp3) is 0.278. The molecule has 0 saturated heterocycles. The molecule has 3 N–H and O–H groups in total. The van der Waals surface area contributed by atoms with Gasteiger partial charge < -0.3 is 20.7 Å². The number of thiophene rings is 1. The minimum Gasteiger partial charge on any atom is -0.453 e. The lowest BCUT2D eigenvalue weighted by molar-refractivity contribution is -0.113. The molecule has 3 amide bonds. The molecule has 0 aliphatic carbocycles. The molecule has 0 saturated carbocycles. The molecule has 9 heteroatoms. The van der Waals surface area contributed by atoms with Crippen LogP contribution < -0.4 is 11.1 Å². The van der Waals surface area contributed by atoms with Gasteiger partial charge in [-0.1, -0.05) is 18.2 Å². The second-order valence-corrected chi connectivity index (χ2v) is 8.02. The molecule has 1 aliphatic rings. The molecule has 0 radical (unpaired) electrons. The van der Waals surface area contributed by atoms with Crippen LogP contribution in [0.15, 0.2) is 35.2 Å². The minimum atomic E-state index is -0.579. The van der Waals surface area contributed by atoms with E-state index in [0.29, 0.717) is 30.1 Å². The van der Waals surface area contributed by atoms with Gasteiger partial charge in [0.15, 0.2) is 0 Å². The number of ether oxygens (including phenoxy) is 1. The van der Waals surface area contributed by atoms with Crippen molar-refractivity contribution in [2.75, 3.05) is 24.7 Å². The van der Waals surface area contributed by atoms with Crippen molar-refractivity contribution < 1.29 is 19.1 Å². The van der Waals surface area contributed by atoms with Crippen LogP contribution in [-0.2, 0) is 22.5 Å². The second-order valence-electron chi connectivity index (χ2n) is 5.86. The second kappa shape index (κ2) is 8.45. The molecule has 2 heterocycles. The number of anilines is 1. The quantitative estimate of drug-likeness (QED) is 0.745. The third kappa shape index (κ3) is 4.42. The van der Waals surface area contributed by atoms with Crippen molar-refractivity contribution in [3.8, 4) is 0 Å². The van der Waals surface area contributed by atoms with Crippen molar-refractivity contribution in [3.63, 3.8) is 0 Å². The van der Waals surface area contributed by atoms with Gasteiger partial charge in [-0.15, -0.1) is 23.1 Å². The molecule has 0 atom stereocenters. The van der Waals surface area contributed by atoms with Gasteiger partial charge in [0.05, 0.1) is 25.0 Å². The van der Waals surface area contributed by atoms with Gasteiger partial charge in [-0.05, 0) is 24.1 Å². The van der Waals surface area contributed by atoms with Crippen molar-refractivity contribution in [2.24, 2.45) is 5.73 Å². The molecule has 1 aliphatic heterocycles. The Labute approximate surface area is 164 Å². The van der Waals surface area contributed by atoms with Crippen molar-refractivity contribution >= 4 is 46.0 Å². The van der Waals surface area contributed by atoms with Gasteiger partial charge in [0.1, 0.15) is 5.00 Å². The Hall–Kier alpha value is -2.52. The van der Waals surface area contributed by atoms with E-state index >= 15 is 0 Å². The van der Waals surface area contributed by atoms with E-state index in [2.05, 4.69) is 5.32 Å². The Morgan fingerprint density at radius 2 is 2.04 bits per heavy atom. The number of nitrogens with one attached hydrogen (secondary N) is 1. The van der Waals surface area contributed by atoms with E-state index in [0.717, 1.165) is 15.3 Å². The molecule has 3 rings (SSSR count). The minimum absolute atomic E-state index is 0.213. The summed E-state index contributed by atoms with van der Waals surface area (Å²) in [4.78, 5) is 39.4. The lowest BCUT2D eigenvalue weighted by atomic mass is 10.0. The van der Waals surface area contributed by atoms with Gasteiger partial charge in [0.25, 0.3) is 5.91 Å². The summed E-state index contributed by atoms with van der Waals surface area (Å²) in [5.74, 6) is -0.571. The number of hydrogen-bond donors (Lipinski definition) is 2. The number of amides is 3. The number of rotatable bonds is 5. The molecule has 1 aromatic heterocycles. The van der Waals surface area contributed by atoms with Crippen LogP contribution in [0.1, 0.15) is 20.8 Å². The first kappa shape index (κ1) is 19.2. The van der Waals surface area contributed by atoms with Crippen LogP contribution in [0.5, 0.6) is 0 Å². The van der Waals surface area contributed by atoms with E-state index in [4.69, 9.17) is 10.5 Å². The van der Waals surface area contributed by atoms with E-state index in [9.17, 15) is 14.4 Å². The highest BCUT2D eigenvalue weighted by atomic mass is 32.2. The first-order valence-corrected chi connectivity index (χ1v) is 10.0. The highest BCUT2D eigenvalue weighted by Crippen LogP contribution is 2.37. The van der Waals surface area contributed by atoms with Crippen LogP contribution >= 0.6 is 23.1 Å². The molecule has 0 bridgehead atoms. The summed E-state index contributed by atoms with van der Waals surface area (Å²) >= 11 is 2.69. The Morgan fingerprint density at radius 3 is 2.70 bits per heavy atom. The van der Waals surface area contributed by atoms with Crippen molar-refractivity contribution in [1.82, 2.24) is 4.90 Å². The largest absolute Gasteiger partial charge is 0.453 e. The summed E-state index contributed by atoms with van der Waals surface area (Å²) in [5, 5.41) is 3.24. The summed E-state index contributed by atoms with van der Waals surface area (Å²) in [7, 11) is 1.33. The lowest BCUT2D eigenvalue weighted by Gasteiger charge is -2.25. The number of nitrogens with zero attached hydrogens (tertiary/aromatic N) is 1. The number of carbonyl (C=O) groups is 3. The van der Waals surface area contributed by atoms with Gasteiger partial charge >= 0.3 is 6.09 Å². The van der Waals surface area contributed by atoms with Gasteiger partial charge in [-0.2, -0.15) is 0 Å². The fourth-order valence-corrected chi connectivity index (χ4v) is 4.87. The number of fused-ring (bicyclic) bond motifs is 1. The van der Waals surface area contributed by atoms with Crippen molar-refractivity contribution in [1.29, 1.82) is 0 Å². The zero-order valence-corrected chi connectivity index (χ0v) is 16.3. The average Bonchev–Trinajstić information content (AvgIpc) is 3.03. The summed E-state index contributed by atoms with van der Waals surface area (Å²) in [6, 6.07) is 9.59. The maximum absolute atomic E-state index is 12.3. The van der Waals surface area contributed by atoms with Gasteiger partial charge in [-0.3, -0.25) is 9.59 Å². The smallest absolute Gasteiger partial charge is 0.409 e. The highest BCUT2D eigenvalue weighted by Gasteiger charge is 2.29. The van der Waals surface area contributed by atoms with E-state index in [1.165, 1.54) is 30.2 Å². The molecule has 0 fully saturated rings. The van der Waals surface area contributed by atoms with Crippen LogP contribution in [0.3, 0.4) is 0 Å². The zero-order chi connectivity index (χ0) is 19.4. The molecule has 2 aromatic rings. The number of benzene rings is 1. The van der Waals surface area contributed by atoms with Crippen LogP contribution in [0.2, 0.25) is 0 Å². The molecule has 142 valence electrons. The third-order valence-electron chi connectivity index (χ3n) is 4.10. The standard InChI is InChI=1S/C18H19N3O4S2/c1-25-18(24)21-8-7-12-13(9-21)27-17(15(12)16(19)23)20-14(22)10-26-11-5-3-2-4-6-11/h2-6H,7-10H2,1H3,(H2,19,23)(H,20,22). The normalized spacial score (nSPS) is 13.0. The highest BCUT2D eigenvalue weighted by molar-refractivity contribution is 8.00. The molecule has 0 spiro atoms. The molecular weight excluding hydrogens is 386 g/mol. The number of primary amides is 1. The maximum atomic E-state index is 12.3. The summed E-state index contributed by atoms with van der Waals surface area (Å²) in [5.41, 5.74) is 6.70. The number of hydrogen-bond acceptors (Lipinski definition) is 6. The summed E-state index contributed by atoms with van der Waals surface area (Å²) in [6.45, 7) is 0.773. The first-order chi connectivity index (χ1) is 13.0. The predicted molar refractivity (Wildman–Crippen MR) is 105 cm³/mol. The van der Waals surface area contributed by atoms with Gasteiger partial charge in [0.2, 0.25) is 5.91 Å². The van der Waals surface area contributed by atoms with Gasteiger partial charge in [0, 0.05) is 16.3 Å².